The first-order valence-corrected chi connectivity index (χ1v) is 10.8. The molecule has 0 unspecified atom stereocenters. The van der Waals surface area contributed by atoms with Gasteiger partial charge in [0, 0.05) is 26.2 Å². The third-order valence-corrected chi connectivity index (χ3v) is 6.57. The number of carbonyl (C=O) groups is 1. The summed E-state index contributed by atoms with van der Waals surface area (Å²) < 4.78 is 45.6. The molecular weight excluding hydrogens is 397 g/mol. The van der Waals surface area contributed by atoms with Gasteiger partial charge in [-0.15, -0.1) is 0 Å². The summed E-state index contributed by atoms with van der Waals surface area (Å²) in [6, 6.07) is 12.5. The molecule has 0 atom stereocenters. The van der Waals surface area contributed by atoms with E-state index >= 15 is 0 Å². The number of nitrogens with one attached hydrogen (secondary N) is 1. The van der Waals surface area contributed by atoms with Gasteiger partial charge >= 0.3 is 6.03 Å². The Morgan fingerprint density at radius 1 is 1.07 bits per heavy atom. The molecule has 156 valence electrons. The molecule has 0 radical (unpaired) electrons. The van der Waals surface area contributed by atoms with Crippen LogP contribution < -0.4 is 10.1 Å². The highest BCUT2D eigenvalue weighted by Crippen LogP contribution is 2.18. The number of hydrogen-bond donors (Lipinski definition) is 1. The van der Waals surface area contributed by atoms with Crippen LogP contribution in [0, 0.1) is 12.7 Å². The van der Waals surface area contributed by atoms with Gasteiger partial charge in [0.05, 0.1) is 11.4 Å². The zero-order chi connectivity index (χ0) is 20.9. The number of amides is 2. The van der Waals surface area contributed by atoms with Crippen LogP contribution in [0.2, 0.25) is 0 Å². The van der Waals surface area contributed by atoms with Gasteiger partial charge in [-0.1, -0.05) is 29.8 Å². The monoisotopic (exact) mass is 421 g/mol. The Labute approximate surface area is 170 Å². The number of carbonyl (C=O) groups excluding carboxylic acids is 1. The van der Waals surface area contributed by atoms with E-state index in [0.717, 1.165) is 5.56 Å². The van der Waals surface area contributed by atoms with Crippen molar-refractivity contribution in [3.05, 3.63) is 59.9 Å². The number of sulfonamides is 1. The van der Waals surface area contributed by atoms with Crippen LogP contribution in [-0.4, -0.2) is 63.0 Å². The number of para-hydroxylation sites is 1. The van der Waals surface area contributed by atoms with Crippen LogP contribution in [0.4, 0.5) is 9.18 Å². The quantitative estimate of drug-likeness (QED) is 0.726. The molecule has 0 aliphatic carbocycles. The first-order valence-electron chi connectivity index (χ1n) is 9.35. The fourth-order valence-electron chi connectivity index (χ4n) is 2.98. The number of rotatable bonds is 6. The smallest absolute Gasteiger partial charge is 0.317 e. The molecule has 3 rings (SSSR count). The number of benzene rings is 2. The number of hydrogen-bond acceptors (Lipinski definition) is 4. The summed E-state index contributed by atoms with van der Waals surface area (Å²) in [6.07, 6.45) is 0. The Hall–Kier alpha value is -2.65. The molecule has 2 amide bonds. The number of ether oxygens (including phenoxy) is 1. The Morgan fingerprint density at radius 3 is 2.38 bits per heavy atom. The van der Waals surface area contributed by atoms with Gasteiger partial charge in [0.25, 0.3) is 0 Å². The van der Waals surface area contributed by atoms with Gasteiger partial charge in [-0.3, -0.25) is 0 Å². The van der Waals surface area contributed by atoms with Crippen LogP contribution in [-0.2, 0) is 10.0 Å². The minimum Gasteiger partial charge on any atom is -0.489 e. The van der Waals surface area contributed by atoms with E-state index in [2.05, 4.69) is 5.32 Å². The summed E-state index contributed by atoms with van der Waals surface area (Å²) in [5, 5.41) is 2.71. The SMILES string of the molecule is Cc1ccc(S(=O)(=O)N2CCN(C(=O)NCCOc3ccccc3F)CC2)cc1. The number of aryl methyl sites for hydroxylation is 1. The first-order chi connectivity index (χ1) is 13.9. The standard InChI is InChI=1S/C20H24FN3O4S/c1-16-6-8-17(9-7-16)29(26,27)24-13-11-23(12-14-24)20(25)22-10-15-28-19-5-3-2-4-18(19)21/h2-9H,10-15H2,1H3,(H,22,25). The van der Waals surface area contributed by atoms with E-state index in [1.165, 1.54) is 16.4 Å². The summed E-state index contributed by atoms with van der Waals surface area (Å²) in [5.41, 5.74) is 0.990. The highest BCUT2D eigenvalue weighted by molar-refractivity contribution is 7.89. The van der Waals surface area contributed by atoms with Gasteiger partial charge in [0.15, 0.2) is 11.6 Å². The maximum Gasteiger partial charge on any atom is 0.317 e. The molecule has 1 aliphatic heterocycles. The average molecular weight is 421 g/mol. The summed E-state index contributed by atoms with van der Waals surface area (Å²) in [6.45, 7) is 3.31. The van der Waals surface area contributed by atoms with Gasteiger partial charge < -0.3 is 15.0 Å². The van der Waals surface area contributed by atoms with Crippen molar-refractivity contribution >= 4 is 16.1 Å². The van der Waals surface area contributed by atoms with Crippen LogP contribution in [0.25, 0.3) is 0 Å². The molecule has 0 saturated carbocycles. The summed E-state index contributed by atoms with van der Waals surface area (Å²) in [4.78, 5) is 14.1. The third kappa shape index (κ3) is 5.24. The Kier molecular flexibility index (Phi) is 6.71. The van der Waals surface area contributed by atoms with Crippen LogP contribution in [0.15, 0.2) is 53.4 Å². The highest BCUT2D eigenvalue weighted by Gasteiger charge is 2.29. The van der Waals surface area contributed by atoms with E-state index in [4.69, 9.17) is 4.74 Å². The Balaban J connectivity index is 1.44. The van der Waals surface area contributed by atoms with Gasteiger partial charge in [-0.25, -0.2) is 17.6 Å². The number of nitrogens with zero attached hydrogens (tertiary/aromatic N) is 2. The van der Waals surface area contributed by atoms with E-state index in [-0.39, 0.29) is 42.9 Å². The molecule has 29 heavy (non-hydrogen) atoms. The molecule has 1 N–H and O–H groups in total. The van der Waals surface area contributed by atoms with Gasteiger partial charge in [-0.2, -0.15) is 4.31 Å². The van der Waals surface area contributed by atoms with E-state index in [1.54, 1.807) is 41.3 Å². The molecule has 2 aromatic rings. The summed E-state index contributed by atoms with van der Waals surface area (Å²) >= 11 is 0. The topological polar surface area (TPSA) is 79.0 Å². The van der Waals surface area contributed by atoms with Crippen molar-refractivity contribution in [2.24, 2.45) is 0 Å². The molecule has 1 saturated heterocycles. The van der Waals surface area contributed by atoms with Crippen LogP contribution in [0.1, 0.15) is 5.56 Å². The van der Waals surface area contributed by atoms with Crippen LogP contribution >= 0.6 is 0 Å². The second kappa shape index (κ2) is 9.23. The predicted octanol–water partition coefficient (Wildman–Crippen LogP) is 2.23. The second-order valence-electron chi connectivity index (χ2n) is 6.71. The average Bonchev–Trinajstić information content (AvgIpc) is 2.72. The number of urea groups is 1. The van der Waals surface area contributed by atoms with Gasteiger partial charge in [-0.05, 0) is 31.2 Å². The fourth-order valence-corrected chi connectivity index (χ4v) is 4.41. The first kappa shape index (κ1) is 21.1. The largest absolute Gasteiger partial charge is 0.489 e. The van der Waals surface area contributed by atoms with E-state index in [1.807, 2.05) is 6.92 Å². The lowest BCUT2D eigenvalue weighted by atomic mass is 10.2. The minimum atomic E-state index is -3.56. The van der Waals surface area contributed by atoms with Gasteiger partial charge in [0.1, 0.15) is 6.61 Å². The molecule has 7 nitrogen and oxygen atoms in total. The molecule has 0 bridgehead atoms. The maximum absolute atomic E-state index is 13.5. The Bertz CT molecular complexity index is 942. The van der Waals surface area contributed by atoms with Crippen molar-refractivity contribution in [3.8, 4) is 5.75 Å². The van der Waals surface area contributed by atoms with Crippen molar-refractivity contribution in [1.29, 1.82) is 0 Å². The van der Waals surface area contributed by atoms with Crippen molar-refractivity contribution in [1.82, 2.24) is 14.5 Å². The van der Waals surface area contributed by atoms with E-state index in [9.17, 15) is 17.6 Å². The van der Waals surface area contributed by atoms with Crippen molar-refractivity contribution in [2.45, 2.75) is 11.8 Å². The van der Waals surface area contributed by atoms with Crippen LogP contribution in [0.5, 0.6) is 5.75 Å². The summed E-state index contributed by atoms with van der Waals surface area (Å²) in [7, 11) is -3.56. The van der Waals surface area contributed by atoms with E-state index in [0.29, 0.717) is 13.1 Å². The van der Waals surface area contributed by atoms with Gasteiger partial charge in [0.2, 0.25) is 10.0 Å². The number of halogens is 1. The predicted molar refractivity (Wildman–Crippen MR) is 107 cm³/mol. The fraction of sp³-hybridized carbons (Fsp3) is 0.350. The summed E-state index contributed by atoms with van der Waals surface area (Å²) in [5.74, 6) is -0.318. The molecule has 0 spiro atoms. The van der Waals surface area contributed by atoms with Crippen molar-refractivity contribution in [3.63, 3.8) is 0 Å². The normalized spacial score (nSPS) is 15.2. The maximum atomic E-state index is 13.5. The van der Waals surface area contributed by atoms with Crippen molar-refractivity contribution in [2.75, 3.05) is 39.3 Å². The number of piperazine rings is 1. The van der Waals surface area contributed by atoms with Crippen molar-refractivity contribution < 1.29 is 22.3 Å². The zero-order valence-corrected chi connectivity index (χ0v) is 17.0. The molecule has 9 heteroatoms. The molecule has 1 aliphatic rings. The molecule has 0 aromatic heterocycles. The lowest BCUT2D eigenvalue weighted by Gasteiger charge is -2.34. The second-order valence-corrected chi connectivity index (χ2v) is 8.65. The van der Waals surface area contributed by atoms with E-state index < -0.39 is 15.8 Å². The molecule has 1 fully saturated rings. The third-order valence-electron chi connectivity index (χ3n) is 4.66. The molecule has 2 aromatic carbocycles. The lowest BCUT2D eigenvalue weighted by Crippen LogP contribution is -2.53. The minimum absolute atomic E-state index is 0.133. The highest BCUT2D eigenvalue weighted by atomic mass is 32.2. The molecular formula is C20H24FN3O4S. The Morgan fingerprint density at radius 2 is 1.72 bits per heavy atom. The lowest BCUT2D eigenvalue weighted by molar-refractivity contribution is 0.170. The van der Waals surface area contributed by atoms with Crippen LogP contribution in [0.3, 0.4) is 0 Å². The zero-order valence-electron chi connectivity index (χ0n) is 16.2. The molecule has 1 heterocycles.